The molecule has 0 bridgehead atoms. The summed E-state index contributed by atoms with van der Waals surface area (Å²) < 4.78 is 5.15. The van der Waals surface area contributed by atoms with Crippen LogP contribution in [0.1, 0.15) is 33.0 Å². The zero-order valence-electron chi connectivity index (χ0n) is 20.9. The summed E-state index contributed by atoms with van der Waals surface area (Å²) >= 11 is 1.62. The Morgan fingerprint density at radius 3 is 2.82 bits per heavy atom. The first-order valence-corrected chi connectivity index (χ1v) is 13.0. The van der Waals surface area contributed by atoms with Crippen LogP contribution in [0.15, 0.2) is 83.8 Å². The number of aryl methyl sites for hydroxylation is 1. The fourth-order valence-electron chi connectivity index (χ4n) is 3.91. The molecular formula is C30H26N4O3S. The van der Waals surface area contributed by atoms with Gasteiger partial charge in [0.15, 0.2) is 11.5 Å². The summed E-state index contributed by atoms with van der Waals surface area (Å²) in [6, 6.07) is 24.4. The normalized spacial score (nSPS) is 11.2. The lowest BCUT2D eigenvalue weighted by molar-refractivity contribution is 0.102. The number of amides is 1. The number of pyridine rings is 1. The number of aromatic amines is 1. The van der Waals surface area contributed by atoms with Crippen LogP contribution in [0.3, 0.4) is 0 Å². The van der Waals surface area contributed by atoms with Crippen molar-refractivity contribution in [2.45, 2.75) is 17.6 Å². The van der Waals surface area contributed by atoms with E-state index in [9.17, 15) is 9.90 Å². The minimum absolute atomic E-state index is 0.103. The number of nitrogens with one attached hydrogen (secondary N) is 2. The zero-order chi connectivity index (χ0) is 26.5. The van der Waals surface area contributed by atoms with E-state index in [4.69, 9.17) is 4.74 Å². The highest BCUT2D eigenvalue weighted by Gasteiger charge is 2.09. The Bertz CT molecular complexity index is 1640. The van der Waals surface area contributed by atoms with E-state index < -0.39 is 0 Å². The highest BCUT2D eigenvalue weighted by molar-refractivity contribution is 7.98. The van der Waals surface area contributed by atoms with Gasteiger partial charge in [-0.15, -0.1) is 11.8 Å². The highest BCUT2D eigenvalue weighted by atomic mass is 32.2. The molecule has 0 aliphatic carbocycles. The molecule has 3 N–H and O–H groups in total. The molecule has 0 aliphatic rings. The van der Waals surface area contributed by atoms with Crippen LogP contribution in [0.4, 0.5) is 5.69 Å². The maximum Gasteiger partial charge on any atom is 0.255 e. The van der Waals surface area contributed by atoms with E-state index in [1.54, 1.807) is 30.0 Å². The number of phenols is 1. The molecule has 3 aromatic carbocycles. The van der Waals surface area contributed by atoms with Crippen molar-refractivity contribution in [2.75, 3.05) is 12.4 Å². The molecule has 0 saturated heterocycles. The molecule has 2 heterocycles. The third kappa shape index (κ3) is 6.04. The highest BCUT2D eigenvalue weighted by Crippen LogP contribution is 2.28. The number of phenolic OH excluding ortho intramolecular Hbond substituents is 1. The SMILES string of the molecule is COc1cc(/C=C/c2cc(CSc3cccc(C(=O)Nc4ccc5nc(C)ccc5c4)c3)[nH]n2)ccc1O. The maximum atomic E-state index is 12.9. The van der Waals surface area contributed by atoms with Crippen LogP contribution >= 0.6 is 11.8 Å². The van der Waals surface area contributed by atoms with E-state index in [2.05, 4.69) is 20.5 Å². The van der Waals surface area contributed by atoms with Gasteiger partial charge < -0.3 is 15.2 Å². The van der Waals surface area contributed by atoms with Crippen molar-refractivity contribution in [3.8, 4) is 11.5 Å². The fraction of sp³-hybridized carbons (Fsp3) is 0.100. The summed E-state index contributed by atoms with van der Waals surface area (Å²) in [7, 11) is 1.52. The van der Waals surface area contributed by atoms with Gasteiger partial charge >= 0.3 is 0 Å². The van der Waals surface area contributed by atoms with E-state index in [1.807, 2.05) is 79.7 Å². The molecule has 190 valence electrons. The molecule has 38 heavy (non-hydrogen) atoms. The van der Waals surface area contributed by atoms with Crippen LogP contribution in [0.5, 0.6) is 11.5 Å². The van der Waals surface area contributed by atoms with Crippen molar-refractivity contribution in [3.05, 3.63) is 107 Å². The van der Waals surface area contributed by atoms with Gasteiger partial charge in [-0.05, 0) is 79.2 Å². The molecule has 0 fully saturated rings. The third-order valence-corrected chi connectivity index (χ3v) is 6.92. The Morgan fingerprint density at radius 2 is 1.95 bits per heavy atom. The van der Waals surface area contributed by atoms with Gasteiger partial charge in [0.1, 0.15) is 0 Å². The number of hydrogen-bond donors (Lipinski definition) is 3. The molecule has 0 radical (unpaired) electrons. The molecule has 5 rings (SSSR count). The Morgan fingerprint density at radius 1 is 1.05 bits per heavy atom. The second kappa shape index (κ2) is 11.2. The summed E-state index contributed by atoms with van der Waals surface area (Å²) in [5.41, 5.74) is 5.84. The van der Waals surface area contributed by atoms with E-state index in [0.29, 0.717) is 17.1 Å². The van der Waals surface area contributed by atoms with E-state index in [-0.39, 0.29) is 11.7 Å². The Balaban J connectivity index is 1.20. The van der Waals surface area contributed by atoms with Crippen molar-refractivity contribution in [1.82, 2.24) is 15.2 Å². The molecule has 7 nitrogen and oxygen atoms in total. The number of aromatic nitrogens is 3. The molecule has 0 spiro atoms. The standard InChI is InChI=1S/C30H26N4O3S/c1-19-6-9-21-15-23(11-12-27(21)31-19)32-30(36)22-4-3-5-26(16-22)38-18-25-17-24(33-34-25)10-7-20-8-13-28(35)29(14-20)37-2/h3-17,35H,18H2,1-2H3,(H,32,36)(H,33,34)/b10-7+. The van der Waals surface area contributed by atoms with Crippen LogP contribution in [0, 0.1) is 6.92 Å². The number of benzene rings is 3. The van der Waals surface area contributed by atoms with Crippen LogP contribution in [-0.4, -0.2) is 33.3 Å². The Kier molecular flexibility index (Phi) is 7.42. The first kappa shape index (κ1) is 25.1. The number of H-pyrrole nitrogens is 1. The number of fused-ring (bicyclic) bond motifs is 1. The number of carbonyl (C=O) groups excluding carboxylic acids is 1. The average Bonchev–Trinajstić information content (AvgIpc) is 3.39. The Labute approximate surface area is 224 Å². The molecular weight excluding hydrogens is 496 g/mol. The molecule has 0 aliphatic heterocycles. The van der Waals surface area contributed by atoms with Gasteiger partial charge in [0.05, 0.1) is 18.3 Å². The topological polar surface area (TPSA) is 100 Å². The first-order valence-electron chi connectivity index (χ1n) is 12.0. The molecule has 8 heteroatoms. The number of hydrogen-bond acceptors (Lipinski definition) is 6. The lowest BCUT2D eigenvalue weighted by atomic mass is 10.1. The predicted molar refractivity (Wildman–Crippen MR) is 153 cm³/mol. The molecule has 0 atom stereocenters. The largest absolute Gasteiger partial charge is 0.504 e. The summed E-state index contributed by atoms with van der Waals surface area (Å²) in [4.78, 5) is 18.4. The number of anilines is 1. The van der Waals surface area contributed by atoms with Crippen molar-refractivity contribution in [3.63, 3.8) is 0 Å². The van der Waals surface area contributed by atoms with Gasteiger partial charge in [0, 0.05) is 38.7 Å². The number of methoxy groups -OCH3 is 1. The molecule has 0 saturated carbocycles. The molecule has 5 aromatic rings. The lowest BCUT2D eigenvalue weighted by Crippen LogP contribution is -2.11. The van der Waals surface area contributed by atoms with Gasteiger partial charge in [0.25, 0.3) is 5.91 Å². The summed E-state index contributed by atoms with van der Waals surface area (Å²) in [5, 5.41) is 21.1. The van der Waals surface area contributed by atoms with Crippen LogP contribution in [0.2, 0.25) is 0 Å². The quantitative estimate of drug-likeness (QED) is 0.196. The number of ether oxygens (including phenoxy) is 1. The van der Waals surface area contributed by atoms with Gasteiger partial charge in [-0.25, -0.2) is 0 Å². The van der Waals surface area contributed by atoms with Gasteiger partial charge in [-0.3, -0.25) is 14.9 Å². The first-order chi connectivity index (χ1) is 18.5. The second-order valence-corrected chi connectivity index (χ2v) is 9.76. The maximum absolute atomic E-state index is 12.9. The summed E-state index contributed by atoms with van der Waals surface area (Å²) in [5.74, 6) is 1.04. The number of nitrogens with zero attached hydrogens (tertiary/aromatic N) is 2. The van der Waals surface area contributed by atoms with Gasteiger partial charge in [0.2, 0.25) is 0 Å². The monoisotopic (exact) mass is 522 g/mol. The number of rotatable bonds is 8. The van der Waals surface area contributed by atoms with Crippen molar-refractivity contribution < 1.29 is 14.6 Å². The van der Waals surface area contributed by atoms with E-state index >= 15 is 0 Å². The number of thioether (sulfide) groups is 1. The van der Waals surface area contributed by atoms with E-state index in [1.165, 1.54) is 7.11 Å². The number of carbonyl (C=O) groups is 1. The second-order valence-electron chi connectivity index (χ2n) is 8.71. The number of aromatic hydroxyl groups is 1. The van der Waals surface area contributed by atoms with Crippen LogP contribution < -0.4 is 10.1 Å². The van der Waals surface area contributed by atoms with Crippen molar-refractivity contribution in [2.24, 2.45) is 0 Å². The fourth-order valence-corrected chi connectivity index (χ4v) is 4.77. The predicted octanol–water partition coefficient (Wildman–Crippen LogP) is 6.70. The zero-order valence-corrected chi connectivity index (χ0v) is 21.8. The molecule has 1 amide bonds. The lowest BCUT2D eigenvalue weighted by Gasteiger charge is -2.08. The third-order valence-electron chi connectivity index (χ3n) is 5.88. The smallest absolute Gasteiger partial charge is 0.255 e. The van der Waals surface area contributed by atoms with Crippen molar-refractivity contribution in [1.29, 1.82) is 0 Å². The van der Waals surface area contributed by atoms with Crippen LogP contribution in [0.25, 0.3) is 23.1 Å². The summed E-state index contributed by atoms with van der Waals surface area (Å²) in [6.07, 6.45) is 3.80. The van der Waals surface area contributed by atoms with Gasteiger partial charge in [-0.2, -0.15) is 5.10 Å². The molecule has 2 aromatic heterocycles. The van der Waals surface area contributed by atoms with E-state index in [0.717, 1.165) is 44.1 Å². The minimum atomic E-state index is -0.160. The van der Waals surface area contributed by atoms with Crippen LogP contribution in [-0.2, 0) is 5.75 Å². The van der Waals surface area contributed by atoms with Crippen molar-refractivity contribution >= 4 is 46.4 Å². The van der Waals surface area contributed by atoms with Gasteiger partial charge in [-0.1, -0.05) is 24.3 Å². The molecule has 0 unspecified atom stereocenters. The minimum Gasteiger partial charge on any atom is -0.504 e. The Hall–Kier alpha value is -4.56. The summed E-state index contributed by atoms with van der Waals surface area (Å²) in [6.45, 7) is 1.96. The average molecular weight is 523 g/mol.